The van der Waals surface area contributed by atoms with Crippen molar-refractivity contribution in [2.75, 3.05) is 11.9 Å². The Morgan fingerprint density at radius 2 is 1.74 bits per heavy atom. The lowest BCUT2D eigenvalue weighted by Crippen LogP contribution is -2.33. The van der Waals surface area contributed by atoms with E-state index in [4.69, 9.17) is 0 Å². The Kier molecular flexibility index (Phi) is 4.23. The molecule has 0 spiro atoms. The lowest BCUT2D eigenvalue weighted by Gasteiger charge is -2.06. The predicted octanol–water partition coefficient (Wildman–Crippen LogP) is 1.45. The molecule has 0 radical (unpaired) electrons. The monoisotopic (exact) mass is 255 g/mol. The zero-order valence-electron chi connectivity index (χ0n) is 10.2. The zero-order valence-corrected chi connectivity index (χ0v) is 10.2. The molecule has 0 aliphatic heterocycles. The maximum atomic E-state index is 11.6. The number of benzene rings is 1. The number of anilines is 1. The molecule has 0 unspecified atom stereocenters. The SMILES string of the molecule is O=C(CNC(=O)c1ccccn1)Nc1ccccc1. The van der Waals surface area contributed by atoms with Crippen LogP contribution in [-0.2, 0) is 4.79 Å². The van der Waals surface area contributed by atoms with E-state index in [9.17, 15) is 9.59 Å². The Labute approximate surface area is 110 Å². The average molecular weight is 255 g/mol. The van der Waals surface area contributed by atoms with Gasteiger partial charge < -0.3 is 10.6 Å². The third-order valence-corrected chi connectivity index (χ3v) is 2.36. The normalized spacial score (nSPS) is 9.68. The number of carbonyl (C=O) groups excluding carboxylic acids is 2. The van der Waals surface area contributed by atoms with Gasteiger partial charge >= 0.3 is 0 Å². The maximum Gasteiger partial charge on any atom is 0.270 e. The Balaban J connectivity index is 1.83. The van der Waals surface area contributed by atoms with Crippen LogP contribution < -0.4 is 10.6 Å². The summed E-state index contributed by atoms with van der Waals surface area (Å²) in [5.41, 5.74) is 0.981. The molecule has 96 valence electrons. The molecule has 0 saturated heterocycles. The first-order chi connectivity index (χ1) is 9.25. The van der Waals surface area contributed by atoms with E-state index in [1.165, 1.54) is 6.20 Å². The van der Waals surface area contributed by atoms with Crippen LogP contribution >= 0.6 is 0 Å². The molecule has 2 amide bonds. The van der Waals surface area contributed by atoms with Crippen molar-refractivity contribution in [1.29, 1.82) is 0 Å². The van der Waals surface area contributed by atoms with Gasteiger partial charge in [-0.25, -0.2) is 0 Å². The second-order valence-electron chi connectivity index (χ2n) is 3.81. The van der Waals surface area contributed by atoms with E-state index in [-0.39, 0.29) is 24.1 Å². The highest BCUT2D eigenvalue weighted by Crippen LogP contribution is 2.04. The summed E-state index contributed by atoms with van der Waals surface area (Å²) in [4.78, 5) is 27.1. The predicted molar refractivity (Wildman–Crippen MR) is 71.6 cm³/mol. The van der Waals surface area contributed by atoms with Crippen LogP contribution in [0.4, 0.5) is 5.69 Å². The van der Waals surface area contributed by atoms with E-state index in [0.29, 0.717) is 5.69 Å². The first-order valence-electron chi connectivity index (χ1n) is 5.80. The van der Waals surface area contributed by atoms with Crippen molar-refractivity contribution in [3.05, 3.63) is 60.4 Å². The highest BCUT2D eigenvalue weighted by atomic mass is 16.2. The van der Waals surface area contributed by atoms with Gasteiger partial charge in [0.25, 0.3) is 5.91 Å². The summed E-state index contributed by atoms with van der Waals surface area (Å²) in [5.74, 6) is -0.653. The largest absolute Gasteiger partial charge is 0.342 e. The second kappa shape index (κ2) is 6.30. The minimum atomic E-state index is -0.371. The van der Waals surface area contributed by atoms with Crippen molar-refractivity contribution in [1.82, 2.24) is 10.3 Å². The van der Waals surface area contributed by atoms with Gasteiger partial charge in [-0.3, -0.25) is 14.6 Å². The third kappa shape index (κ3) is 3.92. The number of pyridine rings is 1. The number of rotatable bonds is 4. The van der Waals surface area contributed by atoms with Gasteiger partial charge in [-0.1, -0.05) is 24.3 Å². The molecule has 2 rings (SSSR count). The molecular formula is C14H13N3O2. The Hall–Kier alpha value is -2.69. The lowest BCUT2D eigenvalue weighted by atomic mass is 10.3. The number of hydrogen-bond acceptors (Lipinski definition) is 3. The van der Waals surface area contributed by atoms with Gasteiger partial charge in [-0.15, -0.1) is 0 Å². The van der Waals surface area contributed by atoms with Crippen molar-refractivity contribution < 1.29 is 9.59 Å². The van der Waals surface area contributed by atoms with Gasteiger partial charge in [0.2, 0.25) is 5.91 Å². The van der Waals surface area contributed by atoms with Crippen LogP contribution in [0.3, 0.4) is 0 Å². The first kappa shape index (κ1) is 12.8. The minimum absolute atomic E-state index is 0.0930. The number of carbonyl (C=O) groups is 2. The molecule has 1 aromatic carbocycles. The summed E-state index contributed by atoms with van der Waals surface area (Å²) in [5, 5.41) is 5.18. The molecule has 0 aliphatic rings. The van der Waals surface area contributed by atoms with Gasteiger partial charge in [0.15, 0.2) is 0 Å². The Morgan fingerprint density at radius 1 is 1.00 bits per heavy atom. The molecule has 5 nitrogen and oxygen atoms in total. The van der Waals surface area contributed by atoms with Gasteiger partial charge in [-0.05, 0) is 24.3 Å². The number of aromatic nitrogens is 1. The van der Waals surface area contributed by atoms with E-state index in [1.54, 1.807) is 30.3 Å². The first-order valence-corrected chi connectivity index (χ1v) is 5.80. The number of nitrogens with zero attached hydrogens (tertiary/aromatic N) is 1. The fourth-order valence-electron chi connectivity index (χ4n) is 1.47. The summed E-state index contributed by atoms with van der Waals surface area (Å²) in [7, 11) is 0. The lowest BCUT2D eigenvalue weighted by molar-refractivity contribution is -0.115. The number of hydrogen-bond donors (Lipinski definition) is 2. The third-order valence-electron chi connectivity index (χ3n) is 2.36. The number of para-hydroxylation sites is 1. The standard InChI is InChI=1S/C14H13N3O2/c18-13(17-11-6-2-1-3-7-11)10-16-14(19)12-8-4-5-9-15-12/h1-9H,10H2,(H,16,19)(H,17,18). The van der Waals surface area contributed by atoms with E-state index >= 15 is 0 Å². The van der Waals surface area contributed by atoms with Gasteiger partial charge in [-0.2, -0.15) is 0 Å². The molecule has 1 heterocycles. The van der Waals surface area contributed by atoms with Crippen molar-refractivity contribution in [2.45, 2.75) is 0 Å². The molecule has 0 saturated carbocycles. The molecule has 2 aromatic rings. The molecule has 0 atom stereocenters. The highest BCUT2D eigenvalue weighted by molar-refractivity contribution is 5.98. The fraction of sp³-hybridized carbons (Fsp3) is 0.0714. The van der Waals surface area contributed by atoms with Gasteiger partial charge in [0.1, 0.15) is 5.69 Å². The zero-order chi connectivity index (χ0) is 13.5. The van der Waals surface area contributed by atoms with Crippen LogP contribution in [-0.4, -0.2) is 23.3 Å². The Morgan fingerprint density at radius 3 is 2.42 bits per heavy atom. The van der Waals surface area contributed by atoms with Crippen molar-refractivity contribution in [2.24, 2.45) is 0 Å². The average Bonchev–Trinajstić information content (AvgIpc) is 2.47. The van der Waals surface area contributed by atoms with Crippen LogP contribution in [0.5, 0.6) is 0 Å². The summed E-state index contributed by atoms with van der Waals surface area (Å²) in [6, 6.07) is 14.1. The summed E-state index contributed by atoms with van der Waals surface area (Å²) >= 11 is 0. The van der Waals surface area contributed by atoms with E-state index < -0.39 is 0 Å². The summed E-state index contributed by atoms with van der Waals surface area (Å²) in [6.07, 6.45) is 1.53. The topological polar surface area (TPSA) is 71.1 Å². The van der Waals surface area contributed by atoms with Crippen molar-refractivity contribution in [3.63, 3.8) is 0 Å². The fourth-order valence-corrected chi connectivity index (χ4v) is 1.47. The van der Waals surface area contributed by atoms with Crippen molar-refractivity contribution >= 4 is 17.5 Å². The van der Waals surface area contributed by atoms with E-state index in [0.717, 1.165) is 0 Å². The molecule has 5 heteroatoms. The Bertz CT molecular complexity index is 555. The molecule has 1 aromatic heterocycles. The van der Waals surface area contributed by atoms with Crippen LogP contribution in [0.25, 0.3) is 0 Å². The minimum Gasteiger partial charge on any atom is -0.342 e. The molecule has 2 N–H and O–H groups in total. The maximum absolute atomic E-state index is 11.6. The van der Waals surface area contributed by atoms with E-state index in [1.807, 2.05) is 18.2 Å². The number of amides is 2. The van der Waals surface area contributed by atoms with Gasteiger partial charge in [0, 0.05) is 11.9 Å². The number of nitrogens with one attached hydrogen (secondary N) is 2. The molecular weight excluding hydrogens is 242 g/mol. The molecule has 0 aliphatic carbocycles. The molecule has 19 heavy (non-hydrogen) atoms. The van der Waals surface area contributed by atoms with Crippen LogP contribution in [0, 0.1) is 0 Å². The van der Waals surface area contributed by atoms with Crippen LogP contribution in [0.15, 0.2) is 54.7 Å². The summed E-state index contributed by atoms with van der Waals surface area (Å²) < 4.78 is 0. The quantitative estimate of drug-likeness (QED) is 0.868. The van der Waals surface area contributed by atoms with Gasteiger partial charge in [0.05, 0.1) is 6.54 Å². The smallest absolute Gasteiger partial charge is 0.270 e. The highest BCUT2D eigenvalue weighted by Gasteiger charge is 2.08. The van der Waals surface area contributed by atoms with Crippen LogP contribution in [0.2, 0.25) is 0 Å². The molecule has 0 bridgehead atoms. The van der Waals surface area contributed by atoms with Crippen molar-refractivity contribution in [3.8, 4) is 0 Å². The van der Waals surface area contributed by atoms with E-state index in [2.05, 4.69) is 15.6 Å². The molecule has 0 fully saturated rings. The van der Waals surface area contributed by atoms with Crippen LogP contribution in [0.1, 0.15) is 10.5 Å². The second-order valence-corrected chi connectivity index (χ2v) is 3.81. The summed E-state index contributed by atoms with van der Waals surface area (Å²) in [6.45, 7) is -0.0930.